The molecule has 1 fully saturated rings. The fraction of sp³-hybridized carbons (Fsp3) is 0.889. The van der Waals surface area contributed by atoms with E-state index in [4.69, 9.17) is 5.11 Å². The summed E-state index contributed by atoms with van der Waals surface area (Å²) in [4.78, 5) is 10.4. The molecule has 0 bridgehead atoms. The molecule has 70 valence electrons. The molecule has 0 saturated heterocycles. The summed E-state index contributed by atoms with van der Waals surface area (Å²) in [6.07, 6.45) is 4.62. The van der Waals surface area contributed by atoms with Gasteiger partial charge in [0, 0.05) is 0 Å². The number of aliphatic hydroxyl groups excluding tert-OH is 1. The summed E-state index contributed by atoms with van der Waals surface area (Å²) in [5, 5.41) is 18.1. The molecule has 0 radical (unpaired) electrons. The summed E-state index contributed by atoms with van der Waals surface area (Å²) in [6, 6.07) is 0. The van der Waals surface area contributed by atoms with Gasteiger partial charge in [-0.3, -0.25) is 4.79 Å². The van der Waals surface area contributed by atoms with E-state index in [0.29, 0.717) is 0 Å². The van der Waals surface area contributed by atoms with Gasteiger partial charge in [0.15, 0.2) is 0 Å². The lowest BCUT2D eigenvalue weighted by Gasteiger charge is -2.17. The van der Waals surface area contributed by atoms with Crippen LogP contribution in [0.15, 0.2) is 0 Å². The highest BCUT2D eigenvalue weighted by molar-refractivity contribution is 5.67. The molecule has 0 aromatic rings. The molecule has 1 rings (SSSR count). The van der Waals surface area contributed by atoms with E-state index in [-0.39, 0.29) is 18.4 Å². The van der Waals surface area contributed by atoms with Crippen LogP contribution >= 0.6 is 0 Å². The Morgan fingerprint density at radius 2 is 1.92 bits per heavy atom. The van der Waals surface area contributed by atoms with Crippen molar-refractivity contribution < 1.29 is 15.0 Å². The molecule has 0 amide bonds. The van der Waals surface area contributed by atoms with Crippen LogP contribution in [0.3, 0.4) is 0 Å². The van der Waals surface area contributed by atoms with Crippen LogP contribution in [0.4, 0.5) is 0 Å². The molecule has 1 saturated carbocycles. The summed E-state index contributed by atoms with van der Waals surface area (Å²) in [5.74, 6) is -0.800. The fourth-order valence-electron chi connectivity index (χ4n) is 1.83. The highest BCUT2D eigenvalue weighted by atomic mass is 16.4. The van der Waals surface area contributed by atoms with Crippen molar-refractivity contribution in [2.24, 2.45) is 5.92 Å². The predicted octanol–water partition coefficient (Wildman–Crippen LogP) is 1.40. The molecular weight excluding hydrogens is 156 g/mol. The summed E-state index contributed by atoms with van der Waals surface area (Å²) in [6.45, 7) is 0. The number of carboxylic acid groups (broad SMARTS) is 1. The van der Waals surface area contributed by atoms with Gasteiger partial charge in [-0.2, -0.15) is 0 Å². The van der Waals surface area contributed by atoms with Gasteiger partial charge in [-0.1, -0.05) is 19.3 Å². The topological polar surface area (TPSA) is 57.5 Å². The first kappa shape index (κ1) is 9.52. The van der Waals surface area contributed by atoms with Gasteiger partial charge in [0.1, 0.15) is 0 Å². The zero-order valence-electron chi connectivity index (χ0n) is 7.20. The van der Waals surface area contributed by atoms with E-state index in [1.54, 1.807) is 0 Å². The van der Waals surface area contributed by atoms with Crippen molar-refractivity contribution in [3.05, 3.63) is 0 Å². The van der Waals surface area contributed by atoms with Gasteiger partial charge in [-0.15, -0.1) is 0 Å². The van der Waals surface area contributed by atoms with Crippen molar-refractivity contribution in [1.82, 2.24) is 0 Å². The van der Waals surface area contributed by atoms with Crippen molar-refractivity contribution in [2.75, 3.05) is 0 Å². The van der Waals surface area contributed by atoms with Crippen LogP contribution in [-0.2, 0) is 4.79 Å². The van der Waals surface area contributed by atoms with Gasteiger partial charge in [-0.05, 0) is 18.8 Å². The number of aliphatic hydroxyl groups is 1. The van der Waals surface area contributed by atoms with Crippen molar-refractivity contribution in [3.63, 3.8) is 0 Å². The molecule has 0 aromatic heterocycles. The van der Waals surface area contributed by atoms with Gasteiger partial charge in [0.05, 0.1) is 12.5 Å². The van der Waals surface area contributed by atoms with Crippen LogP contribution in [0, 0.1) is 5.92 Å². The highest BCUT2D eigenvalue weighted by Gasteiger charge is 2.23. The Hall–Kier alpha value is -0.570. The first-order chi connectivity index (χ1) is 5.70. The maximum atomic E-state index is 10.4. The zero-order chi connectivity index (χ0) is 8.97. The second-order valence-corrected chi connectivity index (χ2v) is 3.56. The third-order valence-electron chi connectivity index (χ3n) is 2.56. The summed E-state index contributed by atoms with van der Waals surface area (Å²) in [5.41, 5.74) is 0. The predicted molar refractivity (Wildman–Crippen MR) is 44.8 cm³/mol. The lowest BCUT2D eigenvalue weighted by atomic mass is 9.94. The van der Waals surface area contributed by atoms with Crippen molar-refractivity contribution in [2.45, 2.75) is 44.6 Å². The molecule has 1 aliphatic carbocycles. The molecule has 2 atom stereocenters. The van der Waals surface area contributed by atoms with Gasteiger partial charge in [0.2, 0.25) is 0 Å². The minimum absolute atomic E-state index is 0.00926. The lowest BCUT2D eigenvalue weighted by molar-refractivity contribution is -0.139. The minimum atomic E-state index is -0.791. The quantitative estimate of drug-likeness (QED) is 0.619. The van der Waals surface area contributed by atoms with E-state index in [2.05, 4.69) is 0 Å². The largest absolute Gasteiger partial charge is 0.481 e. The number of hydrogen-bond acceptors (Lipinski definition) is 2. The summed E-state index contributed by atoms with van der Waals surface area (Å²) < 4.78 is 0. The van der Waals surface area contributed by atoms with Crippen LogP contribution in [0.25, 0.3) is 0 Å². The number of hydrogen-bond donors (Lipinski definition) is 2. The third kappa shape index (κ3) is 2.81. The van der Waals surface area contributed by atoms with E-state index in [1.807, 2.05) is 0 Å². The summed E-state index contributed by atoms with van der Waals surface area (Å²) >= 11 is 0. The maximum Gasteiger partial charge on any atom is 0.303 e. The normalized spacial score (nSPS) is 31.1. The number of rotatable bonds is 2. The highest BCUT2D eigenvalue weighted by Crippen LogP contribution is 2.25. The van der Waals surface area contributed by atoms with Crippen LogP contribution in [0.1, 0.15) is 38.5 Å². The van der Waals surface area contributed by atoms with Crippen LogP contribution in [0.5, 0.6) is 0 Å². The van der Waals surface area contributed by atoms with E-state index < -0.39 is 5.97 Å². The van der Waals surface area contributed by atoms with E-state index in [0.717, 1.165) is 32.1 Å². The molecule has 3 heteroatoms. The molecule has 0 aliphatic heterocycles. The fourth-order valence-corrected chi connectivity index (χ4v) is 1.83. The smallest absolute Gasteiger partial charge is 0.303 e. The van der Waals surface area contributed by atoms with Gasteiger partial charge < -0.3 is 10.2 Å². The number of aliphatic carboxylic acids is 1. The Bertz CT molecular complexity index is 156. The van der Waals surface area contributed by atoms with Crippen molar-refractivity contribution >= 4 is 5.97 Å². The lowest BCUT2D eigenvalue weighted by Crippen LogP contribution is -2.21. The van der Waals surface area contributed by atoms with Gasteiger partial charge in [0.25, 0.3) is 0 Å². The molecule has 0 unspecified atom stereocenters. The van der Waals surface area contributed by atoms with Crippen molar-refractivity contribution in [1.29, 1.82) is 0 Å². The molecule has 2 N–H and O–H groups in total. The Morgan fingerprint density at radius 1 is 1.25 bits per heavy atom. The molecule has 1 aliphatic rings. The Labute approximate surface area is 72.4 Å². The molecule has 0 heterocycles. The van der Waals surface area contributed by atoms with Gasteiger partial charge in [-0.25, -0.2) is 0 Å². The van der Waals surface area contributed by atoms with Crippen LogP contribution in [-0.4, -0.2) is 22.3 Å². The average molecular weight is 172 g/mol. The zero-order valence-corrected chi connectivity index (χ0v) is 7.20. The monoisotopic (exact) mass is 172 g/mol. The maximum absolute atomic E-state index is 10.4. The molecule has 0 spiro atoms. The minimum Gasteiger partial charge on any atom is -0.481 e. The number of carbonyl (C=O) groups is 1. The van der Waals surface area contributed by atoms with Crippen LogP contribution < -0.4 is 0 Å². The second-order valence-electron chi connectivity index (χ2n) is 3.56. The molecule has 0 aromatic carbocycles. The summed E-state index contributed by atoms with van der Waals surface area (Å²) in [7, 11) is 0. The second kappa shape index (κ2) is 4.45. The molecule has 12 heavy (non-hydrogen) atoms. The van der Waals surface area contributed by atoms with E-state index in [1.165, 1.54) is 0 Å². The van der Waals surface area contributed by atoms with E-state index in [9.17, 15) is 9.90 Å². The Kier molecular flexibility index (Phi) is 3.53. The number of carboxylic acids is 1. The van der Waals surface area contributed by atoms with Crippen molar-refractivity contribution in [3.8, 4) is 0 Å². The standard InChI is InChI=1S/C9H16O3/c10-8-5-3-1-2-4-7(8)6-9(11)12/h7-8,10H,1-6H2,(H,11,12)/t7-,8-/m1/s1. The van der Waals surface area contributed by atoms with Crippen LogP contribution in [0.2, 0.25) is 0 Å². The Morgan fingerprint density at radius 3 is 2.58 bits per heavy atom. The SMILES string of the molecule is O=C(O)C[C@H]1CCCCC[C@H]1O. The van der Waals surface area contributed by atoms with E-state index >= 15 is 0 Å². The third-order valence-corrected chi connectivity index (χ3v) is 2.56. The average Bonchev–Trinajstić information content (AvgIpc) is 2.16. The Balaban J connectivity index is 2.41. The molecular formula is C9H16O3. The molecule has 3 nitrogen and oxygen atoms in total. The van der Waals surface area contributed by atoms with Gasteiger partial charge >= 0.3 is 5.97 Å². The first-order valence-electron chi connectivity index (χ1n) is 4.60. The first-order valence-corrected chi connectivity index (χ1v) is 4.60.